The van der Waals surface area contributed by atoms with Crippen LogP contribution in [0.5, 0.6) is 5.75 Å². The van der Waals surface area contributed by atoms with Gasteiger partial charge in [-0.1, -0.05) is 32.0 Å². The van der Waals surface area contributed by atoms with Crippen LogP contribution in [0.2, 0.25) is 0 Å². The lowest BCUT2D eigenvalue weighted by Crippen LogP contribution is -2.13. The molecule has 3 aromatic rings. The highest BCUT2D eigenvalue weighted by Crippen LogP contribution is 2.31. The molecule has 0 fully saturated rings. The smallest absolute Gasteiger partial charge is 0.249 e. The number of anilines is 1. The molecule has 144 valence electrons. The standard InChI is InChI=1S/C22H24N4O2/c1-13(2)12-28-20-6-4-3-5-16(20)19-10-15(11-21(27)26-19)14-7-8-18(23)17(9-14)22(24)25/h3-11,13H,12,23H2,1-2H3,(H3,24,25)(H,26,27). The summed E-state index contributed by atoms with van der Waals surface area (Å²) in [6.07, 6.45) is 0. The summed E-state index contributed by atoms with van der Waals surface area (Å²) in [7, 11) is 0. The molecule has 0 radical (unpaired) electrons. The van der Waals surface area contributed by atoms with Crippen LogP contribution in [0.4, 0.5) is 5.69 Å². The van der Waals surface area contributed by atoms with E-state index in [9.17, 15) is 4.79 Å². The summed E-state index contributed by atoms with van der Waals surface area (Å²) in [4.78, 5) is 15.2. The lowest BCUT2D eigenvalue weighted by Gasteiger charge is -2.14. The quantitative estimate of drug-likeness (QED) is 0.298. The second kappa shape index (κ2) is 8.00. The number of rotatable bonds is 6. The van der Waals surface area contributed by atoms with Crippen LogP contribution in [0, 0.1) is 11.3 Å². The molecule has 2 aromatic carbocycles. The van der Waals surface area contributed by atoms with Crippen LogP contribution in [0.25, 0.3) is 22.4 Å². The molecular formula is C22H24N4O2. The van der Waals surface area contributed by atoms with Crippen LogP contribution in [0.3, 0.4) is 0 Å². The first kappa shape index (κ1) is 19.2. The van der Waals surface area contributed by atoms with Crippen LogP contribution in [-0.4, -0.2) is 17.4 Å². The van der Waals surface area contributed by atoms with E-state index in [0.717, 1.165) is 11.1 Å². The van der Waals surface area contributed by atoms with Crippen LogP contribution >= 0.6 is 0 Å². The van der Waals surface area contributed by atoms with Gasteiger partial charge in [0.1, 0.15) is 11.6 Å². The minimum atomic E-state index is -0.229. The third-order valence-corrected chi connectivity index (χ3v) is 4.27. The SMILES string of the molecule is CC(C)COc1ccccc1-c1cc(-c2ccc(N)c(C(=N)N)c2)cc(=O)[nH]1. The molecule has 0 saturated carbocycles. The van der Waals surface area contributed by atoms with E-state index in [0.29, 0.717) is 40.8 Å². The zero-order valence-corrected chi connectivity index (χ0v) is 16.0. The van der Waals surface area contributed by atoms with Gasteiger partial charge in [0.25, 0.3) is 0 Å². The third kappa shape index (κ3) is 4.23. The molecule has 1 heterocycles. The average molecular weight is 376 g/mol. The van der Waals surface area contributed by atoms with Gasteiger partial charge in [0, 0.05) is 22.9 Å². The van der Waals surface area contributed by atoms with Gasteiger partial charge in [0.15, 0.2) is 0 Å². The molecule has 0 aliphatic heterocycles. The van der Waals surface area contributed by atoms with Crippen LogP contribution in [0.15, 0.2) is 59.4 Å². The minimum Gasteiger partial charge on any atom is -0.493 e. The molecule has 6 nitrogen and oxygen atoms in total. The van der Waals surface area contributed by atoms with E-state index in [1.165, 1.54) is 6.07 Å². The zero-order chi connectivity index (χ0) is 20.3. The fourth-order valence-electron chi connectivity index (χ4n) is 2.90. The molecule has 6 heteroatoms. The van der Waals surface area contributed by atoms with Gasteiger partial charge in [-0.25, -0.2) is 0 Å². The maximum absolute atomic E-state index is 12.3. The maximum atomic E-state index is 12.3. The molecule has 6 N–H and O–H groups in total. The second-order valence-electron chi connectivity index (χ2n) is 7.06. The first-order chi connectivity index (χ1) is 13.3. The molecule has 0 unspecified atom stereocenters. The molecule has 0 aliphatic carbocycles. The number of aromatic amines is 1. The first-order valence-corrected chi connectivity index (χ1v) is 9.06. The first-order valence-electron chi connectivity index (χ1n) is 9.06. The van der Waals surface area contributed by atoms with Gasteiger partial charge < -0.3 is 21.2 Å². The van der Waals surface area contributed by atoms with Gasteiger partial charge in [-0.15, -0.1) is 0 Å². The Labute approximate surface area is 163 Å². The summed E-state index contributed by atoms with van der Waals surface area (Å²) in [5, 5.41) is 7.68. The van der Waals surface area contributed by atoms with Crippen molar-refractivity contribution < 1.29 is 4.74 Å². The van der Waals surface area contributed by atoms with Crippen LogP contribution in [-0.2, 0) is 0 Å². The predicted molar refractivity (Wildman–Crippen MR) is 114 cm³/mol. The van der Waals surface area contributed by atoms with E-state index in [-0.39, 0.29) is 11.4 Å². The number of nitrogen functional groups attached to an aromatic ring is 2. The Morgan fingerprint density at radius 2 is 1.86 bits per heavy atom. The number of nitrogens with one attached hydrogen (secondary N) is 2. The number of benzene rings is 2. The van der Waals surface area contributed by atoms with E-state index >= 15 is 0 Å². The van der Waals surface area contributed by atoms with Gasteiger partial charge >= 0.3 is 0 Å². The van der Waals surface area contributed by atoms with Crippen molar-refractivity contribution in [3.8, 4) is 28.1 Å². The van der Waals surface area contributed by atoms with Crippen molar-refractivity contribution in [2.24, 2.45) is 11.7 Å². The summed E-state index contributed by atoms with van der Waals surface area (Å²) in [6, 6.07) is 16.2. The Kier molecular flexibility index (Phi) is 5.49. The van der Waals surface area contributed by atoms with E-state index in [4.69, 9.17) is 21.6 Å². The Morgan fingerprint density at radius 1 is 1.11 bits per heavy atom. The third-order valence-electron chi connectivity index (χ3n) is 4.27. The Morgan fingerprint density at radius 3 is 2.57 bits per heavy atom. The molecule has 0 spiro atoms. The van der Waals surface area contributed by atoms with E-state index in [1.807, 2.05) is 36.4 Å². The van der Waals surface area contributed by atoms with Crippen molar-refractivity contribution in [2.75, 3.05) is 12.3 Å². The number of aromatic nitrogens is 1. The number of H-pyrrole nitrogens is 1. The summed E-state index contributed by atoms with van der Waals surface area (Å²) in [6.45, 7) is 4.75. The monoisotopic (exact) mass is 376 g/mol. The van der Waals surface area contributed by atoms with Gasteiger partial charge in [-0.05, 0) is 47.4 Å². The van der Waals surface area contributed by atoms with Crippen molar-refractivity contribution in [3.63, 3.8) is 0 Å². The predicted octanol–water partition coefficient (Wildman–Crippen LogP) is 3.61. The number of ether oxygens (including phenoxy) is 1. The highest BCUT2D eigenvalue weighted by Gasteiger charge is 2.11. The topological polar surface area (TPSA) is 118 Å². The molecule has 0 aliphatic rings. The molecule has 0 bridgehead atoms. The summed E-state index contributed by atoms with van der Waals surface area (Å²) >= 11 is 0. The fourth-order valence-corrected chi connectivity index (χ4v) is 2.90. The van der Waals surface area contributed by atoms with Gasteiger partial charge in [0.2, 0.25) is 5.56 Å². The van der Waals surface area contributed by atoms with Crippen molar-refractivity contribution in [3.05, 3.63) is 70.5 Å². The van der Waals surface area contributed by atoms with Crippen molar-refractivity contribution in [2.45, 2.75) is 13.8 Å². The second-order valence-corrected chi connectivity index (χ2v) is 7.06. The van der Waals surface area contributed by atoms with Crippen LogP contribution in [0.1, 0.15) is 19.4 Å². The highest BCUT2D eigenvalue weighted by molar-refractivity contribution is 6.01. The molecule has 0 atom stereocenters. The maximum Gasteiger partial charge on any atom is 0.249 e. The van der Waals surface area contributed by atoms with Crippen LogP contribution < -0.4 is 21.8 Å². The van der Waals surface area contributed by atoms with Gasteiger partial charge in [0.05, 0.1) is 12.3 Å². The van der Waals surface area contributed by atoms with Gasteiger partial charge in [-0.3, -0.25) is 10.2 Å². The number of hydrogen-bond acceptors (Lipinski definition) is 4. The lowest BCUT2D eigenvalue weighted by atomic mass is 10.00. The van der Waals surface area contributed by atoms with E-state index in [2.05, 4.69) is 18.8 Å². The molecule has 1 aromatic heterocycles. The Hall–Kier alpha value is -3.54. The Bertz CT molecular complexity index is 1070. The Balaban J connectivity index is 2.08. The largest absolute Gasteiger partial charge is 0.493 e. The molecular weight excluding hydrogens is 352 g/mol. The highest BCUT2D eigenvalue weighted by atomic mass is 16.5. The number of amidine groups is 1. The number of nitrogens with two attached hydrogens (primary N) is 2. The minimum absolute atomic E-state index is 0.114. The molecule has 0 saturated heterocycles. The molecule has 28 heavy (non-hydrogen) atoms. The van der Waals surface area contributed by atoms with Crippen molar-refractivity contribution in [1.82, 2.24) is 4.98 Å². The average Bonchev–Trinajstić information content (AvgIpc) is 2.66. The van der Waals surface area contributed by atoms with Crippen molar-refractivity contribution in [1.29, 1.82) is 5.41 Å². The summed E-state index contributed by atoms with van der Waals surface area (Å²) in [5.74, 6) is 0.987. The molecule has 3 rings (SSSR count). The number of para-hydroxylation sites is 1. The number of hydrogen-bond donors (Lipinski definition) is 4. The normalized spacial score (nSPS) is 10.8. The zero-order valence-electron chi connectivity index (χ0n) is 16.0. The van der Waals surface area contributed by atoms with Gasteiger partial charge in [-0.2, -0.15) is 0 Å². The van der Waals surface area contributed by atoms with E-state index in [1.54, 1.807) is 12.1 Å². The lowest BCUT2D eigenvalue weighted by molar-refractivity contribution is 0.272. The summed E-state index contributed by atoms with van der Waals surface area (Å²) in [5.41, 5.74) is 15.1. The fraction of sp³-hybridized carbons (Fsp3) is 0.182. The van der Waals surface area contributed by atoms with E-state index < -0.39 is 0 Å². The molecule has 0 amide bonds. The summed E-state index contributed by atoms with van der Waals surface area (Å²) < 4.78 is 5.92. The number of pyridine rings is 1. The van der Waals surface area contributed by atoms with Crippen molar-refractivity contribution >= 4 is 11.5 Å².